The number of rotatable bonds is 19. The summed E-state index contributed by atoms with van der Waals surface area (Å²) in [4.78, 5) is 51.6. The van der Waals surface area contributed by atoms with Crippen LogP contribution in [0, 0.1) is 0 Å². The molecule has 0 saturated carbocycles. The Bertz CT molecular complexity index is 1820. The molecular weight excluding hydrogens is 711 g/mol. The van der Waals surface area contributed by atoms with E-state index in [1.54, 1.807) is 47.3 Å². The van der Waals surface area contributed by atoms with Crippen LogP contribution in [-0.4, -0.2) is 72.8 Å². The first kappa shape index (κ1) is 39.1. The van der Waals surface area contributed by atoms with Crippen molar-refractivity contribution in [2.24, 2.45) is 0 Å². The molecule has 0 spiro atoms. The molecule has 280 valence electrons. The van der Waals surface area contributed by atoms with Gasteiger partial charge in [-0.1, -0.05) is 74.5 Å². The average Bonchev–Trinajstić information content (AvgIpc) is 3.96. The standard InChI is InChI=1S/C38H47N9O4S2/c1-27(2)36-43-32(23-52-36)21-46(3)37(49)45-34(16-17-47-24-40-41-25-47)35(48)42-30(18-28-10-6-4-7-11-28)14-15-31(19-29-12-8-5-9-13-29)44-38(50)51-22-33-20-39-26-53-33/h4-13,20,23-27,30-31,34H,14-19,21-22H2,1-3H3,(H,42,48)(H,44,50)(H,45,49)/t30-,31-,34-/m0/s1. The molecule has 0 aliphatic rings. The van der Waals surface area contributed by atoms with E-state index in [4.69, 9.17) is 4.74 Å². The first-order valence-electron chi connectivity index (χ1n) is 17.7. The van der Waals surface area contributed by atoms with E-state index in [1.807, 2.05) is 66.0 Å². The number of carbonyl (C=O) groups excluding carboxylic acids is 3. The van der Waals surface area contributed by atoms with Crippen molar-refractivity contribution < 1.29 is 19.1 Å². The molecule has 5 rings (SSSR count). The second-order valence-corrected chi connectivity index (χ2v) is 15.1. The molecule has 15 heteroatoms. The zero-order valence-electron chi connectivity index (χ0n) is 30.3. The largest absolute Gasteiger partial charge is 0.444 e. The normalized spacial score (nSPS) is 12.8. The Hall–Kier alpha value is -5.15. The number of carbonyl (C=O) groups is 3. The molecule has 0 bridgehead atoms. The fraction of sp³-hybridized carbons (Fsp3) is 0.395. The molecule has 4 amide bonds. The number of hydrogen-bond donors (Lipinski definition) is 3. The maximum Gasteiger partial charge on any atom is 0.407 e. The molecule has 3 aromatic heterocycles. The SMILES string of the molecule is CC(C)c1nc(CN(C)C(=O)N[C@@H](CCn2cnnc2)C(=O)N[C@@H](CC[C@@H](Cc2ccccc2)NC(=O)OCc2cncs2)Cc2ccccc2)cs1. The van der Waals surface area contributed by atoms with Crippen LogP contribution >= 0.6 is 22.7 Å². The monoisotopic (exact) mass is 757 g/mol. The molecular formula is C38H47N9O4S2. The summed E-state index contributed by atoms with van der Waals surface area (Å²) in [7, 11) is 1.69. The van der Waals surface area contributed by atoms with Crippen molar-refractivity contribution in [2.75, 3.05) is 7.05 Å². The van der Waals surface area contributed by atoms with E-state index < -0.39 is 12.1 Å². The Balaban J connectivity index is 1.28. The number of nitrogens with one attached hydrogen (secondary N) is 3. The van der Waals surface area contributed by atoms with Crippen molar-refractivity contribution in [1.29, 1.82) is 0 Å². The molecule has 53 heavy (non-hydrogen) atoms. The molecule has 0 saturated heterocycles. The quantitative estimate of drug-likeness (QED) is 0.0932. The van der Waals surface area contributed by atoms with E-state index >= 15 is 0 Å². The molecule has 0 fully saturated rings. The number of ether oxygens (including phenoxy) is 1. The molecule has 0 aliphatic carbocycles. The number of amides is 4. The molecule has 0 radical (unpaired) electrons. The molecule has 0 aliphatic heterocycles. The number of thiazole rings is 2. The van der Waals surface area contributed by atoms with E-state index in [2.05, 4.69) is 50.0 Å². The van der Waals surface area contributed by atoms with E-state index in [0.717, 1.165) is 26.7 Å². The molecule has 3 N–H and O–H groups in total. The van der Waals surface area contributed by atoms with Crippen molar-refractivity contribution in [3.8, 4) is 0 Å². The third-order valence-corrected chi connectivity index (χ3v) is 10.5. The summed E-state index contributed by atoms with van der Waals surface area (Å²) < 4.78 is 7.28. The maximum absolute atomic E-state index is 14.1. The summed E-state index contributed by atoms with van der Waals surface area (Å²) >= 11 is 3.00. The van der Waals surface area contributed by atoms with Gasteiger partial charge in [-0.25, -0.2) is 14.6 Å². The lowest BCUT2D eigenvalue weighted by atomic mass is 9.95. The number of aryl methyl sites for hydroxylation is 1. The predicted octanol–water partition coefficient (Wildman–Crippen LogP) is 5.96. The zero-order chi connectivity index (χ0) is 37.4. The molecule has 3 atom stereocenters. The van der Waals surface area contributed by atoms with Crippen LogP contribution in [0.15, 0.2) is 90.4 Å². The maximum atomic E-state index is 14.1. The smallest absolute Gasteiger partial charge is 0.407 e. The number of urea groups is 1. The Morgan fingerprint density at radius 2 is 1.49 bits per heavy atom. The van der Waals surface area contributed by atoms with Crippen molar-refractivity contribution in [3.63, 3.8) is 0 Å². The first-order valence-corrected chi connectivity index (χ1v) is 19.4. The van der Waals surface area contributed by atoms with Gasteiger partial charge >= 0.3 is 12.1 Å². The van der Waals surface area contributed by atoms with Gasteiger partial charge in [0.2, 0.25) is 5.91 Å². The molecule has 0 unspecified atom stereocenters. The summed E-state index contributed by atoms with van der Waals surface area (Å²) in [6.07, 6.45) is 6.92. The highest BCUT2D eigenvalue weighted by atomic mass is 32.1. The summed E-state index contributed by atoms with van der Waals surface area (Å²) in [6.45, 7) is 5.05. The number of alkyl carbamates (subject to hydrolysis) is 1. The fourth-order valence-corrected chi connectivity index (χ4v) is 7.06. The first-order chi connectivity index (χ1) is 25.7. The number of benzene rings is 2. The summed E-state index contributed by atoms with van der Waals surface area (Å²) in [5.74, 6) is 0.00268. The van der Waals surface area contributed by atoms with Crippen LogP contribution in [0.3, 0.4) is 0 Å². The van der Waals surface area contributed by atoms with Gasteiger partial charge in [0.1, 0.15) is 25.3 Å². The second kappa shape index (κ2) is 20.2. The van der Waals surface area contributed by atoms with E-state index in [0.29, 0.717) is 51.1 Å². The lowest BCUT2D eigenvalue weighted by molar-refractivity contribution is -0.124. The van der Waals surface area contributed by atoms with Gasteiger partial charge in [0.15, 0.2) is 0 Å². The van der Waals surface area contributed by atoms with Crippen LogP contribution in [0.4, 0.5) is 9.59 Å². The highest BCUT2D eigenvalue weighted by molar-refractivity contribution is 7.09. The van der Waals surface area contributed by atoms with Gasteiger partial charge in [-0.2, -0.15) is 0 Å². The van der Waals surface area contributed by atoms with Gasteiger partial charge in [0.05, 0.1) is 27.6 Å². The van der Waals surface area contributed by atoms with Gasteiger partial charge in [-0.05, 0) is 43.2 Å². The van der Waals surface area contributed by atoms with Crippen LogP contribution in [-0.2, 0) is 42.1 Å². The fourth-order valence-electron chi connectivity index (χ4n) is 5.73. The third kappa shape index (κ3) is 13.1. The lowest BCUT2D eigenvalue weighted by Crippen LogP contribution is -2.53. The Morgan fingerprint density at radius 1 is 0.849 bits per heavy atom. The van der Waals surface area contributed by atoms with Crippen LogP contribution in [0.5, 0.6) is 0 Å². The van der Waals surface area contributed by atoms with E-state index in [1.165, 1.54) is 16.2 Å². The Kier molecular flexibility index (Phi) is 14.9. The van der Waals surface area contributed by atoms with Crippen molar-refractivity contribution >= 4 is 40.7 Å². The van der Waals surface area contributed by atoms with Crippen LogP contribution in [0.25, 0.3) is 0 Å². The number of hydrogen-bond acceptors (Lipinski definition) is 10. The van der Waals surface area contributed by atoms with Crippen molar-refractivity contribution in [1.82, 2.24) is 45.6 Å². The van der Waals surface area contributed by atoms with Crippen LogP contribution < -0.4 is 16.0 Å². The van der Waals surface area contributed by atoms with Crippen LogP contribution in [0.1, 0.15) is 65.7 Å². The molecule has 3 heterocycles. The summed E-state index contributed by atoms with van der Waals surface area (Å²) in [5, 5.41) is 20.0. The average molecular weight is 758 g/mol. The highest BCUT2D eigenvalue weighted by Gasteiger charge is 2.26. The van der Waals surface area contributed by atoms with Gasteiger partial charge in [-0.15, -0.1) is 32.9 Å². The van der Waals surface area contributed by atoms with Gasteiger partial charge in [0, 0.05) is 43.2 Å². The van der Waals surface area contributed by atoms with Crippen molar-refractivity contribution in [2.45, 2.75) is 89.7 Å². The van der Waals surface area contributed by atoms with Gasteiger partial charge in [-0.3, -0.25) is 9.78 Å². The lowest BCUT2D eigenvalue weighted by Gasteiger charge is -2.27. The molecule has 2 aromatic carbocycles. The predicted molar refractivity (Wildman–Crippen MR) is 205 cm³/mol. The Morgan fingerprint density at radius 3 is 2.08 bits per heavy atom. The second-order valence-electron chi connectivity index (χ2n) is 13.2. The molecule has 13 nitrogen and oxygen atoms in total. The number of nitrogens with zero attached hydrogens (tertiary/aromatic N) is 6. The van der Waals surface area contributed by atoms with Crippen LogP contribution in [0.2, 0.25) is 0 Å². The van der Waals surface area contributed by atoms with E-state index in [9.17, 15) is 14.4 Å². The summed E-state index contributed by atoms with van der Waals surface area (Å²) in [5.41, 5.74) is 4.63. The topological polar surface area (TPSA) is 156 Å². The van der Waals surface area contributed by atoms with Crippen molar-refractivity contribution in [3.05, 3.63) is 117 Å². The minimum absolute atomic E-state index is 0.140. The van der Waals surface area contributed by atoms with Gasteiger partial charge < -0.3 is 30.2 Å². The minimum Gasteiger partial charge on any atom is -0.444 e. The highest BCUT2D eigenvalue weighted by Crippen LogP contribution is 2.20. The number of aromatic nitrogens is 5. The molecule has 5 aromatic rings. The third-order valence-electron chi connectivity index (χ3n) is 8.58. The van der Waals surface area contributed by atoms with E-state index in [-0.39, 0.29) is 30.6 Å². The Labute approximate surface area is 318 Å². The minimum atomic E-state index is -0.841. The summed E-state index contributed by atoms with van der Waals surface area (Å²) in [6, 6.07) is 18.1. The van der Waals surface area contributed by atoms with Gasteiger partial charge in [0.25, 0.3) is 0 Å². The zero-order valence-corrected chi connectivity index (χ0v) is 31.9.